The number of fused-ring (bicyclic) bond motifs is 1. The Morgan fingerprint density at radius 1 is 1.00 bits per heavy atom. The van der Waals surface area contributed by atoms with Crippen LogP contribution >= 0.6 is 0 Å². The minimum Gasteiger partial charge on any atom is -0.478 e. The minimum atomic E-state index is -1.14. The highest BCUT2D eigenvalue weighted by Crippen LogP contribution is 2.19. The number of para-hydroxylation sites is 1. The molecule has 0 radical (unpaired) electrons. The lowest BCUT2D eigenvalue weighted by Gasteiger charge is -2.05. The molecule has 0 saturated heterocycles. The van der Waals surface area contributed by atoms with Crippen molar-refractivity contribution in [3.63, 3.8) is 0 Å². The maximum atomic E-state index is 12.6. The highest BCUT2D eigenvalue weighted by molar-refractivity contribution is 6.06. The lowest BCUT2D eigenvalue weighted by atomic mass is 10.1. The van der Waals surface area contributed by atoms with E-state index in [1.165, 1.54) is 16.6 Å². The standard InChI is InChI=1S/C20H15N5O3/c1-12-11-16(13-7-3-2-4-8-13)22-20-23-17(24-25(12)20)18(26)21-15-10-6-5-9-14(15)19(27)28/h2-11H,1H3,(H,21,26)(H,27,28). The van der Waals surface area contributed by atoms with E-state index in [9.17, 15) is 14.7 Å². The summed E-state index contributed by atoms with van der Waals surface area (Å²) in [6.45, 7) is 1.84. The first-order valence-corrected chi connectivity index (χ1v) is 8.46. The second-order valence-corrected chi connectivity index (χ2v) is 6.10. The molecule has 0 atom stereocenters. The Morgan fingerprint density at radius 3 is 2.46 bits per heavy atom. The first-order chi connectivity index (χ1) is 13.5. The third kappa shape index (κ3) is 3.18. The normalized spacial score (nSPS) is 10.8. The number of nitrogens with one attached hydrogen (secondary N) is 1. The lowest BCUT2D eigenvalue weighted by Crippen LogP contribution is -2.16. The van der Waals surface area contributed by atoms with Gasteiger partial charge in [-0.1, -0.05) is 42.5 Å². The van der Waals surface area contributed by atoms with Crippen LogP contribution in [0.2, 0.25) is 0 Å². The number of hydrogen-bond donors (Lipinski definition) is 2. The molecule has 4 rings (SSSR count). The SMILES string of the molecule is Cc1cc(-c2ccccc2)nc2nc(C(=O)Nc3ccccc3C(=O)O)nn12. The van der Waals surface area contributed by atoms with Crippen molar-refractivity contribution in [1.82, 2.24) is 19.6 Å². The van der Waals surface area contributed by atoms with E-state index >= 15 is 0 Å². The van der Waals surface area contributed by atoms with Gasteiger partial charge in [0.2, 0.25) is 5.82 Å². The fourth-order valence-corrected chi connectivity index (χ4v) is 2.82. The molecule has 4 aromatic rings. The van der Waals surface area contributed by atoms with E-state index in [0.29, 0.717) is 0 Å². The van der Waals surface area contributed by atoms with Crippen LogP contribution in [0.3, 0.4) is 0 Å². The molecule has 2 N–H and O–H groups in total. The molecular weight excluding hydrogens is 358 g/mol. The van der Waals surface area contributed by atoms with Crippen molar-refractivity contribution in [2.45, 2.75) is 6.92 Å². The molecule has 28 heavy (non-hydrogen) atoms. The Hall–Kier alpha value is -4.07. The number of nitrogens with zero attached hydrogens (tertiary/aromatic N) is 4. The first-order valence-electron chi connectivity index (χ1n) is 8.46. The highest BCUT2D eigenvalue weighted by atomic mass is 16.4. The van der Waals surface area contributed by atoms with Gasteiger partial charge in [0.25, 0.3) is 11.7 Å². The van der Waals surface area contributed by atoms with Crippen molar-refractivity contribution in [2.24, 2.45) is 0 Å². The smallest absolute Gasteiger partial charge is 0.337 e. The number of carbonyl (C=O) groups excluding carboxylic acids is 1. The number of carboxylic acids is 1. The number of anilines is 1. The third-order valence-corrected chi connectivity index (χ3v) is 4.17. The van der Waals surface area contributed by atoms with Gasteiger partial charge in [-0.25, -0.2) is 14.3 Å². The van der Waals surface area contributed by atoms with Crippen molar-refractivity contribution < 1.29 is 14.7 Å². The molecule has 0 spiro atoms. The van der Waals surface area contributed by atoms with Crippen LogP contribution in [0.5, 0.6) is 0 Å². The van der Waals surface area contributed by atoms with Crippen LogP contribution < -0.4 is 5.32 Å². The molecule has 138 valence electrons. The Bertz CT molecular complexity index is 1200. The predicted molar refractivity (Wildman–Crippen MR) is 102 cm³/mol. The number of aromatic carboxylic acids is 1. The van der Waals surface area contributed by atoms with Crippen LogP contribution in [0.4, 0.5) is 5.69 Å². The van der Waals surface area contributed by atoms with E-state index in [1.54, 1.807) is 12.1 Å². The number of amides is 1. The zero-order valence-electron chi connectivity index (χ0n) is 14.8. The van der Waals surface area contributed by atoms with E-state index in [4.69, 9.17) is 0 Å². The van der Waals surface area contributed by atoms with Crippen LogP contribution in [-0.4, -0.2) is 36.6 Å². The Balaban J connectivity index is 1.69. The van der Waals surface area contributed by atoms with E-state index in [-0.39, 0.29) is 22.9 Å². The number of benzene rings is 2. The van der Waals surface area contributed by atoms with Crippen molar-refractivity contribution in [3.05, 3.63) is 77.7 Å². The summed E-state index contributed by atoms with van der Waals surface area (Å²) in [6, 6.07) is 17.6. The fourth-order valence-electron chi connectivity index (χ4n) is 2.82. The number of aryl methyl sites for hydroxylation is 1. The Kier molecular flexibility index (Phi) is 4.29. The summed E-state index contributed by atoms with van der Waals surface area (Å²) in [7, 11) is 0. The van der Waals surface area contributed by atoms with E-state index in [0.717, 1.165) is 17.0 Å². The van der Waals surface area contributed by atoms with Gasteiger partial charge >= 0.3 is 5.97 Å². The molecule has 2 aromatic heterocycles. The zero-order chi connectivity index (χ0) is 19.7. The van der Waals surface area contributed by atoms with Gasteiger partial charge in [0, 0.05) is 11.3 Å². The van der Waals surface area contributed by atoms with Gasteiger partial charge < -0.3 is 10.4 Å². The predicted octanol–water partition coefficient (Wildman–Crippen LogP) is 3.05. The van der Waals surface area contributed by atoms with E-state index in [2.05, 4.69) is 20.4 Å². The topological polar surface area (TPSA) is 109 Å². The lowest BCUT2D eigenvalue weighted by molar-refractivity contribution is 0.0698. The number of carbonyl (C=O) groups is 2. The van der Waals surface area contributed by atoms with Gasteiger partial charge in [-0.15, -0.1) is 5.10 Å². The molecule has 0 aliphatic rings. The van der Waals surface area contributed by atoms with E-state index in [1.807, 2.05) is 43.3 Å². The maximum Gasteiger partial charge on any atom is 0.337 e. The average Bonchev–Trinajstić information content (AvgIpc) is 3.14. The quantitative estimate of drug-likeness (QED) is 0.569. The van der Waals surface area contributed by atoms with E-state index < -0.39 is 11.9 Å². The van der Waals surface area contributed by atoms with Crippen molar-refractivity contribution >= 4 is 23.3 Å². The van der Waals surface area contributed by atoms with Crippen LogP contribution in [0.1, 0.15) is 26.7 Å². The van der Waals surface area contributed by atoms with Crippen LogP contribution in [-0.2, 0) is 0 Å². The minimum absolute atomic E-state index is 0.0136. The zero-order valence-corrected chi connectivity index (χ0v) is 14.8. The summed E-state index contributed by atoms with van der Waals surface area (Å²) in [5.41, 5.74) is 2.58. The van der Waals surface area contributed by atoms with Crippen molar-refractivity contribution in [1.29, 1.82) is 0 Å². The number of carboxylic acid groups (broad SMARTS) is 1. The van der Waals surface area contributed by atoms with Gasteiger partial charge in [-0.2, -0.15) is 4.98 Å². The molecular formula is C20H15N5O3. The van der Waals surface area contributed by atoms with Gasteiger partial charge in [0.1, 0.15) is 0 Å². The highest BCUT2D eigenvalue weighted by Gasteiger charge is 2.18. The molecule has 8 heteroatoms. The number of aromatic nitrogens is 4. The summed E-state index contributed by atoms with van der Waals surface area (Å²) >= 11 is 0. The molecule has 8 nitrogen and oxygen atoms in total. The summed E-state index contributed by atoms with van der Waals surface area (Å²) in [5, 5.41) is 16.0. The largest absolute Gasteiger partial charge is 0.478 e. The van der Waals surface area contributed by atoms with Gasteiger partial charge in [-0.3, -0.25) is 4.79 Å². The molecule has 2 aromatic carbocycles. The van der Waals surface area contributed by atoms with Crippen LogP contribution in [0.25, 0.3) is 17.0 Å². The van der Waals surface area contributed by atoms with Gasteiger partial charge in [0.15, 0.2) is 0 Å². The first kappa shape index (κ1) is 17.3. The Morgan fingerprint density at radius 2 is 1.71 bits per heavy atom. The van der Waals surface area contributed by atoms with Gasteiger partial charge in [-0.05, 0) is 25.1 Å². The number of hydrogen-bond acceptors (Lipinski definition) is 5. The monoisotopic (exact) mass is 373 g/mol. The Labute approximate surface area is 159 Å². The molecule has 0 unspecified atom stereocenters. The summed E-state index contributed by atoms with van der Waals surface area (Å²) < 4.78 is 1.48. The van der Waals surface area contributed by atoms with Crippen molar-refractivity contribution in [2.75, 3.05) is 5.32 Å². The molecule has 1 amide bonds. The average molecular weight is 373 g/mol. The third-order valence-electron chi connectivity index (χ3n) is 4.17. The summed E-state index contributed by atoms with van der Waals surface area (Å²) in [5.74, 6) is -1.56. The second-order valence-electron chi connectivity index (χ2n) is 6.10. The summed E-state index contributed by atoms with van der Waals surface area (Å²) in [6.07, 6.45) is 0. The second kappa shape index (κ2) is 6.92. The maximum absolute atomic E-state index is 12.6. The molecule has 0 fully saturated rings. The molecule has 0 aliphatic carbocycles. The fraction of sp³-hybridized carbons (Fsp3) is 0.0500. The van der Waals surface area contributed by atoms with Gasteiger partial charge in [0.05, 0.1) is 16.9 Å². The molecule has 0 aliphatic heterocycles. The molecule has 2 heterocycles. The summed E-state index contributed by atoms with van der Waals surface area (Å²) in [4.78, 5) is 32.5. The molecule has 0 bridgehead atoms. The number of rotatable bonds is 4. The van der Waals surface area contributed by atoms with Crippen LogP contribution in [0.15, 0.2) is 60.7 Å². The van der Waals surface area contributed by atoms with Crippen molar-refractivity contribution in [3.8, 4) is 11.3 Å². The molecule has 0 saturated carbocycles. The van der Waals surface area contributed by atoms with Crippen LogP contribution in [0, 0.1) is 6.92 Å².